The van der Waals surface area contributed by atoms with Crippen LogP contribution in [0, 0.1) is 17.7 Å². The first-order chi connectivity index (χ1) is 8.11. The third kappa shape index (κ3) is 3.05. The molecule has 1 aliphatic carbocycles. The van der Waals surface area contributed by atoms with E-state index in [1.165, 1.54) is 12.5 Å². The van der Waals surface area contributed by atoms with Gasteiger partial charge in [-0.05, 0) is 43.0 Å². The number of benzene rings is 1. The van der Waals surface area contributed by atoms with E-state index >= 15 is 0 Å². The van der Waals surface area contributed by atoms with Gasteiger partial charge >= 0.3 is 0 Å². The Morgan fingerprint density at radius 3 is 2.76 bits per heavy atom. The van der Waals surface area contributed by atoms with E-state index in [-0.39, 0.29) is 11.9 Å². The average molecular weight is 236 g/mol. The van der Waals surface area contributed by atoms with Gasteiger partial charge in [-0.25, -0.2) is 4.39 Å². The molecule has 3 atom stereocenters. The molecule has 0 amide bonds. The Bertz CT molecular complexity index is 380. The van der Waals surface area contributed by atoms with Crippen molar-refractivity contribution in [3.8, 4) is 0 Å². The summed E-state index contributed by atoms with van der Waals surface area (Å²) in [6.07, 6.45) is 1.31. The van der Waals surface area contributed by atoms with Gasteiger partial charge < -0.3 is 5.73 Å². The Kier molecular flexibility index (Phi) is 3.79. The highest BCUT2D eigenvalue weighted by molar-refractivity contribution is 5.20. The zero-order valence-electron chi connectivity index (χ0n) is 10.6. The highest BCUT2D eigenvalue weighted by Gasteiger charge is 2.34. The van der Waals surface area contributed by atoms with E-state index in [0.29, 0.717) is 6.54 Å². The van der Waals surface area contributed by atoms with E-state index in [9.17, 15) is 4.39 Å². The van der Waals surface area contributed by atoms with Gasteiger partial charge in [0, 0.05) is 19.1 Å². The van der Waals surface area contributed by atoms with Crippen LogP contribution in [0.25, 0.3) is 0 Å². The zero-order chi connectivity index (χ0) is 12.4. The number of hydrogen-bond acceptors (Lipinski definition) is 2. The third-order valence-corrected chi connectivity index (χ3v) is 3.79. The van der Waals surface area contributed by atoms with Crippen LogP contribution >= 0.6 is 0 Å². The van der Waals surface area contributed by atoms with Crippen molar-refractivity contribution in [2.75, 3.05) is 20.1 Å². The molecule has 2 N–H and O–H groups in total. The van der Waals surface area contributed by atoms with E-state index in [1.807, 2.05) is 6.07 Å². The maximum Gasteiger partial charge on any atom is 0.123 e. The maximum atomic E-state index is 13.2. The lowest BCUT2D eigenvalue weighted by molar-refractivity contribution is 0.236. The quantitative estimate of drug-likeness (QED) is 0.850. The molecule has 0 spiro atoms. The molecule has 3 unspecified atom stereocenters. The molecule has 1 aliphatic rings. The summed E-state index contributed by atoms with van der Waals surface area (Å²) in [6, 6.07) is 6.89. The van der Waals surface area contributed by atoms with Gasteiger partial charge in [0.05, 0.1) is 0 Å². The summed E-state index contributed by atoms with van der Waals surface area (Å²) < 4.78 is 13.2. The molecule has 1 fully saturated rings. The number of likely N-dealkylation sites (N-methyl/N-ethyl adjacent to an activating group) is 1. The summed E-state index contributed by atoms with van der Waals surface area (Å²) in [6.45, 7) is 3.86. The predicted molar refractivity (Wildman–Crippen MR) is 68.1 cm³/mol. The lowest BCUT2D eigenvalue weighted by Gasteiger charge is -2.27. The lowest BCUT2D eigenvalue weighted by atomic mass is 10.1. The molecule has 2 nitrogen and oxygen atoms in total. The monoisotopic (exact) mass is 236 g/mol. The molecular weight excluding hydrogens is 215 g/mol. The van der Waals surface area contributed by atoms with E-state index in [1.54, 1.807) is 12.1 Å². The molecule has 0 radical (unpaired) electrons. The van der Waals surface area contributed by atoms with Crippen molar-refractivity contribution in [2.45, 2.75) is 19.4 Å². The van der Waals surface area contributed by atoms with Crippen LogP contribution in [0.4, 0.5) is 4.39 Å². The Balaban J connectivity index is 2.04. The van der Waals surface area contributed by atoms with Crippen molar-refractivity contribution in [3.05, 3.63) is 35.6 Å². The molecule has 3 heteroatoms. The molecule has 0 heterocycles. The summed E-state index contributed by atoms with van der Waals surface area (Å²) in [5.41, 5.74) is 6.80. The molecule has 2 rings (SSSR count). The Morgan fingerprint density at radius 2 is 2.24 bits per heavy atom. The second-order valence-corrected chi connectivity index (χ2v) is 5.22. The topological polar surface area (TPSA) is 29.3 Å². The van der Waals surface area contributed by atoms with E-state index < -0.39 is 0 Å². The minimum Gasteiger partial charge on any atom is -0.329 e. The van der Waals surface area contributed by atoms with Crippen LogP contribution in [-0.2, 0) is 0 Å². The van der Waals surface area contributed by atoms with E-state index in [4.69, 9.17) is 5.73 Å². The Morgan fingerprint density at radius 1 is 1.53 bits per heavy atom. The molecule has 0 saturated heterocycles. The van der Waals surface area contributed by atoms with Crippen LogP contribution in [0.5, 0.6) is 0 Å². The summed E-state index contributed by atoms with van der Waals surface area (Å²) in [4.78, 5) is 2.25. The van der Waals surface area contributed by atoms with E-state index in [0.717, 1.165) is 23.9 Å². The van der Waals surface area contributed by atoms with Crippen molar-refractivity contribution >= 4 is 0 Å². The summed E-state index contributed by atoms with van der Waals surface area (Å²) in [5.74, 6) is 1.44. The molecule has 0 aromatic heterocycles. The highest BCUT2D eigenvalue weighted by atomic mass is 19.1. The molecule has 17 heavy (non-hydrogen) atoms. The summed E-state index contributed by atoms with van der Waals surface area (Å²) >= 11 is 0. The van der Waals surface area contributed by atoms with Crippen LogP contribution in [0.1, 0.15) is 24.9 Å². The van der Waals surface area contributed by atoms with Crippen LogP contribution in [0.15, 0.2) is 24.3 Å². The van der Waals surface area contributed by atoms with Crippen molar-refractivity contribution < 1.29 is 4.39 Å². The zero-order valence-corrected chi connectivity index (χ0v) is 10.6. The second kappa shape index (κ2) is 5.15. The van der Waals surface area contributed by atoms with Crippen LogP contribution < -0.4 is 5.73 Å². The molecule has 0 bridgehead atoms. The fraction of sp³-hybridized carbons (Fsp3) is 0.571. The predicted octanol–water partition coefficient (Wildman–Crippen LogP) is 2.41. The second-order valence-electron chi connectivity index (χ2n) is 5.22. The van der Waals surface area contributed by atoms with Crippen LogP contribution in [0.3, 0.4) is 0 Å². The smallest absolute Gasteiger partial charge is 0.123 e. The minimum atomic E-state index is -0.186. The summed E-state index contributed by atoms with van der Waals surface area (Å²) in [7, 11) is 2.08. The average Bonchev–Trinajstić information content (AvgIpc) is 2.95. The normalized spacial score (nSPS) is 25.0. The molecular formula is C14H21FN2. The van der Waals surface area contributed by atoms with Gasteiger partial charge in [-0.2, -0.15) is 0 Å². The van der Waals surface area contributed by atoms with Gasteiger partial charge in [0.2, 0.25) is 0 Å². The van der Waals surface area contributed by atoms with Crippen LogP contribution in [-0.4, -0.2) is 25.0 Å². The standard InChI is InChI=1S/C14H21FN2/c1-10-6-12(10)9-17(2)14(8-16)11-4-3-5-13(15)7-11/h3-5,7,10,12,14H,6,8-9,16H2,1-2H3. The molecule has 0 aliphatic heterocycles. The molecule has 1 aromatic carbocycles. The largest absolute Gasteiger partial charge is 0.329 e. The SMILES string of the molecule is CC1CC1CN(C)C(CN)c1cccc(F)c1. The van der Waals surface area contributed by atoms with Crippen LogP contribution in [0.2, 0.25) is 0 Å². The van der Waals surface area contributed by atoms with Gasteiger partial charge in [0.1, 0.15) is 5.82 Å². The minimum absolute atomic E-state index is 0.124. The first kappa shape index (κ1) is 12.5. The maximum absolute atomic E-state index is 13.2. The first-order valence-corrected chi connectivity index (χ1v) is 6.27. The Hall–Kier alpha value is -0.930. The highest BCUT2D eigenvalue weighted by Crippen LogP contribution is 2.39. The van der Waals surface area contributed by atoms with Crippen molar-refractivity contribution in [3.63, 3.8) is 0 Å². The van der Waals surface area contributed by atoms with Gasteiger partial charge in [0.25, 0.3) is 0 Å². The number of nitrogens with zero attached hydrogens (tertiary/aromatic N) is 1. The van der Waals surface area contributed by atoms with E-state index in [2.05, 4.69) is 18.9 Å². The summed E-state index contributed by atoms with van der Waals surface area (Å²) in [5, 5.41) is 0. The van der Waals surface area contributed by atoms with Crippen molar-refractivity contribution in [1.82, 2.24) is 4.90 Å². The number of nitrogens with two attached hydrogens (primary N) is 1. The molecule has 1 aromatic rings. The number of halogens is 1. The number of rotatable bonds is 5. The molecule has 1 saturated carbocycles. The Labute approximate surface area is 103 Å². The van der Waals surface area contributed by atoms with Crippen molar-refractivity contribution in [1.29, 1.82) is 0 Å². The first-order valence-electron chi connectivity index (χ1n) is 6.27. The number of hydrogen-bond donors (Lipinski definition) is 1. The fourth-order valence-electron chi connectivity index (χ4n) is 2.43. The third-order valence-electron chi connectivity index (χ3n) is 3.79. The fourth-order valence-corrected chi connectivity index (χ4v) is 2.43. The lowest BCUT2D eigenvalue weighted by Crippen LogP contribution is -2.32. The van der Waals surface area contributed by atoms with Gasteiger partial charge in [0.15, 0.2) is 0 Å². The van der Waals surface area contributed by atoms with Gasteiger partial charge in [-0.3, -0.25) is 4.90 Å². The molecule has 94 valence electrons. The van der Waals surface area contributed by atoms with Crippen molar-refractivity contribution in [2.24, 2.45) is 17.6 Å². The van der Waals surface area contributed by atoms with Gasteiger partial charge in [-0.15, -0.1) is 0 Å². The van der Waals surface area contributed by atoms with Gasteiger partial charge in [-0.1, -0.05) is 19.1 Å².